The number of Topliss-reactive ketones (excluding diaryl/α,β-unsaturated/α-hetero) is 1. The Morgan fingerprint density at radius 3 is 2.22 bits per heavy atom. The Balaban J connectivity index is 1.58. The number of nitrogens with zero attached hydrogens (tertiary/aromatic N) is 4. The van der Waals surface area contributed by atoms with Gasteiger partial charge in [-0.2, -0.15) is 0 Å². The molecule has 9 heteroatoms. The number of carbonyl (C=O) groups is 3. The lowest BCUT2D eigenvalue weighted by Crippen LogP contribution is -2.45. The maximum atomic E-state index is 13.6. The zero-order valence-corrected chi connectivity index (χ0v) is 21.2. The van der Waals surface area contributed by atoms with Crippen molar-refractivity contribution in [3.05, 3.63) is 59.5 Å². The number of halogens is 1. The van der Waals surface area contributed by atoms with E-state index >= 15 is 0 Å². The third-order valence-electron chi connectivity index (χ3n) is 6.92. The summed E-state index contributed by atoms with van der Waals surface area (Å²) in [5, 5.41) is 0.535. The van der Waals surface area contributed by atoms with Gasteiger partial charge >= 0.3 is 0 Å². The van der Waals surface area contributed by atoms with Gasteiger partial charge in [0.1, 0.15) is 11.6 Å². The Morgan fingerprint density at radius 1 is 1.00 bits per heavy atom. The minimum Gasteiger partial charge on any atom is -0.496 e. The summed E-state index contributed by atoms with van der Waals surface area (Å²) in [5.74, 6) is -1.29. The number of methoxy groups -OCH3 is 1. The van der Waals surface area contributed by atoms with Crippen molar-refractivity contribution in [3.63, 3.8) is 0 Å². The first kappa shape index (κ1) is 25.2. The number of benzene rings is 2. The summed E-state index contributed by atoms with van der Waals surface area (Å²) < 4.78 is 20.6. The zero-order chi connectivity index (χ0) is 26.1. The fourth-order valence-electron chi connectivity index (χ4n) is 4.76. The average Bonchev–Trinajstić information content (AvgIpc) is 3.21. The van der Waals surface area contributed by atoms with Gasteiger partial charge in [0.2, 0.25) is 0 Å². The van der Waals surface area contributed by atoms with E-state index in [2.05, 4.69) is 4.90 Å². The van der Waals surface area contributed by atoms with Gasteiger partial charge in [0.15, 0.2) is 0 Å². The van der Waals surface area contributed by atoms with Crippen molar-refractivity contribution in [2.75, 3.05) is 46.2 Å². The standard InChI is InChI=1S/C27H31FN4O4/c1-29(2)27(35)25(33)22-16-30(3)23-15-24(36-5)21(14-20(22)23)26(34)32-12-10-19(11-13-32)31(4)18-8-6-17(28)7-9-18/h6-9,14-16,19H,10-13H2,1-5H3. The molecule has 0 aliphatic carbocycles. The third-order valence-corrected chi connectivity index (χ3v) is 6.92. The van der Waals surface area contributed by atoms with Gasteiger partial charge in [-0.1, -0.05) is 0 Å². The van der Waals surface area contributed by atoms with Crippen LogP contribution in [0.1, 0.15) is 33.6 Å². The molecule has 2 aromatic carbocycles. The minimum atomic E-state index is -0.626. The second-order valence-electron chi connectivity index (χ2n) is 9.36. The Morgan fingerprint density at radius 2 is 1.64 bits per heavy atom. The van der Waals surface area contributed by atoms with E-state index in [0.29, 0.717) is 35.3 Å². The van der Waals surface area contributed by atoms with Crippen molar-refractivity contribution in [2.45, 2.75) is 18.9 Å². The number of likely N-dealkylation sites (tertiary alicyclic amines) is 1. The lowest BCUT2D eigenvalue weighted by atomic mass is 10.0. The van der Waals surface area contributed by atoms with Gasteiger partial charge in [0.25, 0.3) is 17.6 Å². The molecule has 1 saturated heterocycles. The normalized spacial score (nSPS) is 14.1. The van der Waals surface area contributed by atoms with E-state index in [0.717, 1.165) is 18.5 Å². The molecule has 3 aromatic rings. The van der Waals surface area contributed by atoms with Gasteiger partial charge in [-0.3, -0.25) is 14.4 Å². The van der Waals surface area contributed by atoms with E-state index in [1.54, 1.807) is 47.0 Å². The Bertz CT molecular complexity index is 1310. The van der Waals surface area contributed by atoms with Gasteiger partial charge < -0.3 is 24.0 Å². The number of hydrogen-bond donors (Lipinski definition) is 0. The largest absolute Gasteiger partial charge is 0.496 e. The molecule has 0 saturated carbocycles. The number of aromatic nitrogens is 1. The molecule has 1 aliphatic heterocycles. The molecule has 36 heavy (non-hydrogen) atoms. The van der Waals surface area contributed by atoms with E-state index in [-0.39, 0.29) is 23.3 Å². The van der Waals surface area contributed by atoms with Crippen molar-refractivity contribution in [1.82, 2.24) is 14.4 Å². The zero-order valence-electron chi connectivity index (χ0n) is 21.2. The highest BCUT2D eigenvalue weighted by atomic mass is 19.1. The number of amides is 2. The van der Waals surface area contributed by atoms with E-state index in [1.807, 2.05) is 7.05 Å². The number of hydrogen-bond acceptors (Lipinski definition) is 5. The Hall–Kier alpha value is -3.88. The molecule has 1 aromatic heterocycles. The summed E-state index contributed by atoms with van der Waals surface area (Å²) >= 11 is 0. The van der Waals surface area contributed by atoms with Crippen LogP contribution in [0.3, 0.4) is 0 Å². The molecule has 0 spiro atoms. The molecule has 0 radical (unpaired) electrons. The molecule has 0 unspecified atom stereocenters. The van der Waals surface area contributed by atoms with E-state index in [4.69, 9.17) is 4.74 Å². The van der Waals surface area contributed by atoms with Crippen LogP contribution in [0.4, 0.5) is 10.1 Å². The summed E-state index contributed by atoms with van der Waals surface area (Å²) in [4.78, 5) is 43.9. The van der Waals surface area contributed by atoms with Crippen molar-refractivity contribution in [1.29, 1.82) is 0 Å². The summed E-state index contributed by atoms with van der Waals surface area (Å²) in [6, 6.07) is 10.0. The predicted octanol–water partition coefficient (Wildman–Crippen LogP) is 3.34. The summed E-state index contributed by atoms with van der Waals surface area (Å²) in [6.07, 6.45) is 3.13. The minimum absolute atomic E-state index is 0.183. The molecule has 0 N–H and O–H groups in total. The number of ether oxygens (including phenoxy) is 1. The van der Waals surface area contributed by atoms with E-state index in [9.17, 15) is 18.8 Å². The number of ketones is 1. The van der Waals surface area contributed by atoms with E-state index in [1.165, 1.54) is 38.2 Å². The van der Waals surface area contributed by atoms with Crippen LogP contribution in [-0.2, 0) is 11.8 Å². The smallest absolute Gasteiger partial charge is 0.294 e. The highest BCUT2D eigenvalue weighted by Gasteiger charge is 2.29. The van der Waals surface area contributed by atoms with Crippen molar-refractivity contribution in [3.8, 4) is 5.75 Å². The number of anilines is 1. The van der Waals surface area contributed by atoms with Crippen LogP contribution in [-0.4, -0.2) is 79.3 Å². The van der Waals surface area contributed by atoms with Crippen LogP contribution < -0.4 is 9.64 Å². The second kappa shape index (κ2) is 10.0. The van der Waals surface area contributed by atoms with Gasteiger partial charge in [0, 0.05) is 70.7 Å². The second-order valence-corrected chi connectivity index (χ2v) is 9.36. The molecule has 2 amide bonds. The SMILES string of the molecule is COc1cc2c(cc1C(=O)N1CCC(N(C)c3ccc(F)cc3)CC1)c(C(=O)C(=O)N(C)C)cn2C. The number of fused-ring (bicyclic) bond motifs is 1. The molecule has 4 rings (SSSR count). The number of carbonyl (C=O) groups excluding carboxylic acids is 3. The van der Waals surface area contributed by atoms with Crippen LogP contribution in [0.2, 0.25) is 0 Å². The highest BCUT2D eigenvalue weighted by Crippen LogP contribution is 2.32. The third kappa shape index (κ3) is 4.65. The number of likely N-dealkylation sites (N-methyl/N-ethyl adjacent to an activating group) is 1. The van der Waals surface area contributed by atoms with Crippen LogP contribution in [0.15, 0.2) is 42.6 Å². The van der Waals surface area contributed by atoms with Crippen LogP contribution >= 0.6 is 0 Å². The molecule has 0 atom stereocenters. The molecular weight excluding hydrogens is 463 g/mol. The first-order valence-corrected chi connectivity index (χ1v) is 11.8. The topological polar surface area (TPSA) is 75.1 Å². The van der Waals surface area contributed by atoms with Crippen molar-refractivity contribution in [2.24, 2.45) is 7.05 Å². The number of aryl methyl sites for hydroxylation is 1. The van der Waals surface area contributed by atoms with Gasteiger partial charge in [-0.25, -0.2) is 4.39 Å². The number of piperidine rings is 1. The highest BCUT2D eigenvalue weighted by molar-refractivity contribution is 6.44. The first-order chi connectivity index (χ1) is 17.1. The average molecular weight is 495 g/mol. The van der Waals surface area contributed by atoms with Gasteiger partial charge in [0.05, 0.1) is 23.8 Å². The van der Waals surface area contributed by atoms with Crippen LogP contribution in [0.25, 0.3) is 10.9 Å². The maximum Gasteiger partial charge on any atom is 0.294 e. The van der Waals surface area contributed by atoms with Gasteiger partial charge in [-0.15, -0.1) is 0 Å². The van der Waals surface area contributed by atoms with Crippen LogP contribution in [0, 0.1) is 5.82 Å². The predicted molar refractivity (Wildman–Crippen MR) is 136 cm³/mol. The number of rotatable bonds is 6. The Labute approximate surface area is 209 Å². The summed E-state index contributed by atoms with van der Waals surface area (Å²) in [5.41, 5.74) is 2.23. The molecule has 1 aliphatic rings. The molecule has 0 bridgehead atoms. The van der Waals surface area contributed by atoms with E-state index < -0.39 is 11.7 Å². The van der Waals surface area contributed by atoms with Crippen molar-refractivity contribution < 1.29 is 23.5 Å². The lowest BCUT2D eigenvalue weighted by molar-refractivity contribution is -0.124. The van der Waals surface area contributed by atoms with Gasteiger partial charge in [-0.05, 0) is 43.2 Å². The lowest BCUT2D eigenvalue weighted by Gasteiger charge is -2.38. The molecule has 2 heterocycles. The first-order valence-electron chi connectivity index (χ1n) is 11.8. The molecule has 1 fully saturated rings. The summed E-state index contributed by atoms with van der Waals surface area (Å²) in [6.45, 7) is 1.10. The fourth-order valence-corrected chi connectivity index (χ4v) is 4.76. The quantitative estimate of drug-likeness (QED) is 0.388. The maximum absolute atomic E-state index is 13.6. The molecule has 8 nitrogen and oxygen atoms in total. The molecular formula is C27H31FN4O4. The van der Waals surface area contributed by atoms with Crippen LogP contribution in [0.5, 0.6) is 5.75 Å². The fraction of sp³-hybridized carbons (Fsp3) is 0.370. The molecule has 190 valence electrons. The Kier molecular flexibility index (Phi) is 7.01. The summed E-state index contributed by atoms with van der Waals surface area (Å²) in [7, 11) is 8.32. The van der Waals surface area contributed by atoms with Crippen molar-refractivity contribution >= 4 is 34.2 Å². The monoisotopic (exact) mass is 494 g/mol.